The Kier molecular flexibility index (Phi) is 4.02. The van der Waals surface area contributed by atoms with Crippen molar-refractivity contribution in [1.82, 2.24) is 0 Å². The summed E-state index contributed by atoms with van der Waals surface area (Å²) in [6, 6.07) is 21.7. The van der Waals surface area contributed by atoms with Crippen molar-refractivity contribution in [2.75, 3.05) is 0 Å². The predicted molar refractivity (Wildman–Crippen MR) is 72.9 cm³/mol. The Hall–Kier alpha value is -1.26. The molecule has 0 aliphatic carbocycles. The zero-order valence-corrected chi connectivity index (χ0v) is 11.1. The van der Waals surface area contributed by atoms with Crippen LogP contribution in [0, 0.1) is 0 Å². The molecule has 0 bridgehead atoms. The summed E-state index contributed by atoms with van der Waals surface area (Å²) in [6.07, 6.45) is 2.06. The Balaban J connectivity index is 2.35. The number of hydrogen-bond acceptors (Lipinski definition) is 0. The summed E-state index contributed by atoms with van der Waals surface area (Å²) < 4.78 is 3.00. The molecule has 2 aromatic rings. The molecule has 1 heteroatoms. The second-order valence-electron chi connectivity index (χ2n) is 3.57. The molecule has 0 aliphatic heterocycles. The van der Waals surface area contributed by atoms with Gasteiger partial charge in [-0.25, -0.2) is 0 Å². The second-order valence-corrected chi connectivity index (χ2v) is 8.30. The summed E-state index contributed by atoms with van der Waals surface area (Å²) in [7, 11) is 0. The van der Waals surface area contributed by atoms with E-state index >= 15 is 0 Å². The van der Waals surface area contributed by atoms with Crippen LogP contribution < -0.4 is 8.70 Å². The maximum absolute atomic E-state index is 3.89. The van der Waals surface area contributed by atoms with E-state index in [9.17, 15) is 0 Å². The van der Waals surface area contributed by atoms with Crippen molar-refractivity contribution >= 4 is 23.4 Å². The first-order valence-corrected chi connectivity index (χ1v) is 8.60. The molecule has 0 unspecified atom stereocenters. The molecule has 2 rings (SSSR count). The summed E-state index contributed by atoms with van der Waals surface area (Å²) in [5.41, 5.74) is 0. The van der Waals surface area contributed by atoms with E-state index in [1.807, 2.05) is 0 Å². The fraction of sp³-hybridized carbons (Fsp3) is 0.0667. The minimum atomic E-state index is -1.14. The Bertz CT molecular complexity index is 394. The van der Waals surface area contributed by atoms with Crippen LogP contribution in [-0.4, -0.2) is 14.7 Å². The standard InChI is InChI=1S/C15H15As/c1-2-13-16(14-9-5-3-6-10-14)15-11-7-4-8-12-15/h2-12H,1,13H2. The fourth-order valence-corrected chi connectivity index (χ4v) is 5.99. The van der Waals surface area contributed by atoms with Gasteiger partial charge in [0, 0.05) is 0 Å². The van der Waals surface area contributed by atoms with Crippen LogP contribution in [-0.2, 0) is 0 Å². The van der Waals surface area contributed by atoms with Gasteiger partial charge in [-0.15, -0.1) is 0 Å². The zero-order valence-electron chi connectivity index (χ0n) is 9.21. The van der Waals surface area contributed by atoms with E-state index in [1.165, 1.54) is 8.70 Å². The van der Waals surface area contributed by atoms with Crippen LogP contribution >= 0.6 is 0 Å². The number of allylic oxidation sites excluding steroid dienone is 1. The normalized spacial score (nSPS) is 10.3. The molecule has 0 fully saturated rings. The van der Waals surface area contributed by atoms with E-state index in [0.29, 0.717) is 0 Å². The quantitative estimate of drug-likeness (QED) is 0.591. The van der Waals surface area contributed by atoms with Gasteiger partial charge >= 0.3 is 102 Å². The molecular weight excluding hydrogens is 255 g/mol. The van der Waals surface area contributed by atoms with Crippen LogP contribution in [0.15, 0.2) is 73.3 Å². The Labute approximate surface area is 102 Å². The molecule has 2 aromatic carbocycles. The number of rotatable bonds is 4. The van der Waals surface area contributed by atoms with Gasteiger partial charge in [0.25, 0.3) is 0 Å². The summed E-state index contributed by atoms with van der Waals surface area (Å²) in [4.78, 5) is 0. The Morgan fingerprint density at radius 1 is 0.812 bits per heavy atom. The van der Waals surface area contributed by atoms with Crippen molar-refractivity contribution in [3.05, 3.63) is 73.3 Å². The van der Waals surface area contributed by atoms with Gasteiger partial charge in [-0.2, -0.15) is 0 Å². The van der Waals surface area contributed by atoms with Gasteiger partial charge in [-0.05, 0) is 0 Å². The van der Waals surface area contributed by atoms with Crippen molar-refractivity contribution in [2.24, 2.45) is 0 Å². The summed E-state index contributed by atoms with van der Waals surface area (Å²) in [5, 5.41) is 1.13. The Morgan fingerprint density at radius 3 is 1.62 bits per heavy atom. The molecule has 0 amide bonds. The summed E-state index contributed by atoms with van der Waals surface area (Å²) >= 11 is -1.14. The molecule has 0 atom stereocenters. The molecule has 16 heavy (non-hydrogen) atoms. The summed E-state index contributed by atoms with van der Waals surface area (Å²) in [6.45, 7) is 3.89. The Morgan fingerprint density at radius 2 is 1.25 bits per heavy atom. The van der Waals surface area contributed by atoms with Gasteiger partial charge in [-0.3, -0.25) is 0 Å². The third-order valence-electron chi connectivity index (χ3n) is 2.45. The monoisotopic (exact) mass is 270 g/mol. The molecule has 0 spiro atoms. The molecule has 0 nitrogen and oxygen atoms in total. The van der Waals surface area contributed by atoms with E-state index in [1.54, 1.807) is 0 Å². The maximum atomic E-state index is 3.89. The van der Waals surface area contributed by atoms with E-state index in [-0.39, 0.29) is 0 Å². The molecule has 0 heterocycles. The average Bonchev–Trinajstić information content (AvgIpc) is 2.38. The first kappa shape index (κ1) is 11.2. The van der Waals surface area contributed by atoms with Gasteiger partial charge in [-0.1, -0.05) is 0 Å². The first-order chi connectivity index (χ1) is 7.92. The van der Waals surface area contributed by atoms with Gasteiger partial charge in [0.05, 0.1) is 0 Å². The third-order valence-corrected chi connectivity index (χ3v) is 7.62. The van der Waals surface area contributed by atoms with E-state index in [4.69, 9.17) is 0 Å². The molecular formula is C15H15As. The van der Waals surface area contributed by atoms with E-state index < -0.39 is 14.7 Å². The third kappa shape index (κ3) is 2.65. The van der Waals surface area contributed by atoms with Gasteiger partial charge in [0.2, 0.25) is 0 Å². The van der Waals surface area contributed by atoms with E-state index in [2.05, 4.69) is 73.3 Å². The predicted octanol–water partition coefficient (Wildman–Crippen LogP) is 2.48. The summed E-state index contributed by atoms with van der Waals surface area (Å²) in [5.74, 6) is 0. The first-order valence-electron chi connectivity index (χ1n) is 5.40. The van der Waals surface area contributed by atoms with E-state index in [0.717, 1.165) is 5.21 Å². The van der Waals surface area contributed by atoms with Crippen LogP contribution in [0.5, 0.6) is 0 Å². The minimum absolute atomic E-state index is 1.13. The van der Waals surface area contributed by atoms with Gasteiger partial charge in [0.15, 0.2) is 0 Å². The van der Waals surface area contributed by atoms with Crippen LogP contribution in [0.2, 0.25) is 5.21 Å². The van der Waals surface area contributed by atoms with Crippen molar-refractivity contribution < 1.29 is 0 Å². The fourth-order valence-electron chi connectivity index (χ4n) is 1.70. The van der Waals surface area contributed by atoms with Crippen LogP contribution in [0.1, 0.15) is 0 Å². The zero-order chi connectivity index (χ0) is 11.2. The SMILES string of the molecule is C=CC[As](c1ccccc1)c1ccccc1. The van der Waals surface area contributed by atoms with Gasteiger partial charge in [0.1, 0.15) is 0 Å². The van der Waals surface area contributed by atoms with Crippen LogP contribution in [0.4, 0.5) is 0 Å². The molecule has 0 N–H and O–H groups in total. The number of benzene rings is 2. The molecule has 0 saturated heterocycles. The number of hydrogen-bond donors (Lipinski definition) is 0. The topological polar surface area (TPSA) is 0 Å². The second kappa shape index (κ2) is 5.72. The van der Waals surface area contributed by atoms with Crippen LogP contribution in [0.3, 0.4) is 0 Å². The molecule has 0 aromatic heterocycles. The van der Waals surface area contributed by atoms with Crippen molar-refractivity contribution in [2.45, 2.75) is 5.21 Å². The average molecular weight is 270 g/mol. The molecule has 0 radical (unpaired) electrons. The van der Waals surface area contributed by atoms with Crippen molar-refractivity contribution in [3.63, 3.8) is 0 Å². The molecule has 0 saturated carbocycles. The van der Waals surface area contributed by atoms with Crippen molar-refractivity contribution in [1.29, 1.82) is 0 Å². The molecule has 80 valence electrons. The van der Waals surface area contributed by atoms with Crippen molar-refractivity contribution in [3.8, 4) is 0 Å². The van der Waals surface area contributed by atoms with Gasteiger partial charge < -0.3 is 0 Å². The molecule has 0 aliphatic rings. The van der Waals surface area contributed by atoms with Crippen LogP contribution in [0.25, 0.3) is 0 Å².